The quantitative estimate of drug-likeness (QED) is 0.678. The Morgan fingerprint density at radius 2 is 1.74 bits per heavy atom. The Morgan fingerprint density at radius 3 is 2.35 bits per heavy atom. The molecule has 2 aliphatic rings. The largest absolute Gasteiger partial charge is 0.423 e. The molecule has 1 fully saturated rings. The summed E-state index contributed by atoms with van der Waals surface area (Å²) >= 11 is 0. The van der Waals surface area contributed by atoms with Gasteiger partial charge in [-0.25, -0.2) is 4.79 Å². The maximum atomic E-state index is 12.2. The second kappa shape index (κ2) is 7.16. The van der Waals surface area contributed by atoms with Crippen molar-refractivity contribution >= 4 is 5.97 Å². The summed E-state index contributed by atoms with van der Waals surface area (Å²) in [4.78, 5) is 12.2. The highest BCUT2D eigenvalue weighted by molar-refractivity contribution is 5.90. The third-order valence-electron chi connectivity index (χ3n) is 5.12. The van der Waals surface area contributed by atoms with Crippen molar-refractivity contribution in [3.8, 4) is 0 Å². The minimum atomic E-state index is -0.265. The van der Waals surface area contributed by atoms with Crippen molar-refractivity contribution in [1.29, 1.82) is 0 Å². The lowest BCUT2D eigenvalue weighted by atomic mass is 9.79. The van der Waals surface area contributed by atoms with Gasteiger partial charge in [0.15, 0.2) is 0 Å². The Bertz CT molecular complexity index is 601. The highest BCUT2D eigenvalue weighted by Crippen LogP contribution is 2.35. The molecule has 122 valence electrons. The van der Waals surface area contributed by atoms with Gasteiger partial charge < -0.3 is 4.74 Å². The van der Waals surface area contributed by atoms with Crippen molar-refractivity contribution in [2.75, 3.05) is 0 Å². The van der Waals surface area contributed by atoms with Crippen LogP contribution in [0.2, 0.25) is 0 Å². The van der Waals surface area contributed by atoms with Crippen molar-refractivity contribution in [2.45, 2.75) is 51.9 Å². The van der Waals surface area contributed by atoms with E-state index in [9.17, 15) is 4.79 Å². The highest BCUT2D eigenvalue weighted by Gasteiger charge is 2.20. The summed E-state index contributed by atoms with van der Waals surface area (Å²) in [6, 6.07) is 8.02. The molecule has 1 saturated carbocycles. The average molecular weight is 310 g/mol. The molecule has 0 saturated heterocycles. The highest BCUT2D eigenvalue weighted by atomic mass is 16.5. The number of ether oxygens (including phenoxy) is 1. The van der Waals surface area contributed by atoms with Crippen LogP contribution in [0.3, 0.4) is 0 Å². The number of carbonyl (C=O) groups is 1. The molecule has 1 unspecified atom stereocenters. The van der Waals surface area contributed by atoms with Gasteiger partial charge in [0.2, 0.25) is 0 Å². The zero-order valence-electron chi connectivity index (χ0n) is 14.1. The molecule has 0 radical (unpaired) electrons. The maximum Gasteiger partial charge on any atom is 0.343 e. The summed E-state index contributed by atoms with van der Waals surface area (Å²) in [5.74, 6) is 2.44. The predicted octanol–water partition coefficient (Wildman–Crippen LogP) is 5.62. The van der Waals surface area contributed by atoms with Crippen molar-refractivity contribution in [3.05, 3.63) is 59.4 Å². The summed E-state index contributed by atoms with van der Waals surface area (Å²) in [6.45, 7) is 4.49. The molecule has 0 N–H and O–H groups in total. The molecule has 2 heteroatoms. The summed E-state index contributed by atoms with van der Waals surface area (Å²) in [5, 5.41) is 0. The third-order valence-corrected chi connectivity index (χ3v) is 5.12. The number of carbonyl (C=O) groups excluding carboxylic acids is 1. The molecule has 3 rings (SSSR count). The molecular weight excluding hydrogens is 284 g/mol. The molecule has 2 nitrogen and oxygen atoms in total. The fourth-order valence-corrected chi connectivity index (χ4v) is 3.43. The van der Waals surface area contributed by atoms with Gasteiger partial charge in [-0.3, -0.25) is 0 Å². The Labute approximate surface area is 139 Å². The lowest BCUT2D eigenvalue weighted by Gasteiger charge is -2.26. The number of benzene rings is 1. The van der Waals surface area contributed by atoms with Gasteiger partial charge in [0, 0.05) is 0 Å². The second-order valence-corrected chi connectivity index (χ2v) is 7.15. The molecule has 23 heavy (non-hydrogen) atoms. The molecule has 0 aliphatic heterocycles. The predicted molar refractivity (Wildman–Crippen MR) is 93.2 cm³/mol. The Balaban J connectivity index is 1.60. The summed E-state index contributed by atoms with van der Waals surface area (Å²) in [5.41, 5.74) is 1.99. The van der Waals surface area contributed by atoms with Crippen molar-refractivity contribution in [2.24, 2.45) is 11.8 Å². The van der Waals surface area contributed by atoms with Gasteiger partial charge in [-0.2, -0.15) is 0 Å². The van der Waals surface area contributed by atoms with Crippen molar-refractivity contribution < 1.29 is 9.53 Å². The number of rotatable bonds is 3. The number of hydrogen-bond donors (Lipinski definition) is 0. The van der Waals surface area contributed by atoms with Crippen LogP contribution < -0.4 is 0 Å². The van der Waals surface area contributed by atoms with Gasteiger partial charge >= 0.3 is 5.97 Å². The molecular formula is C21H26O2. The van der Waals surface area contributed by atoms with Crippen LogP contribution in [0.25, 0.3) is 0 Å². The third kappa shape index (κ3) is 4.13. The summed E-state index contributed by atoms with van der Waals surface area (Å²) in [6.07, 6.45) is 12.0. The van der Waals surface area contributed by atoms with E-state index in [1.54, 1.807) is 0 Å². The minimum Gasteiger partial charge on any atom is -0.423 e. The Hall–Kier alpha value is -1.83. The van der Waals surface area contributed by atoms with Gasteiger partial charge in [0.25, 0.3) is 0 Å². The Kier molecular flexibility index (Phi) is 5.00. The lowest BCUT2D eigenvalue weighted by Crippen LogP contribution is -2.11. The first-order valence-corrected chi connectivity index (χ1v) is 8.82. The molecule has 0 bridgehead atoms. The van der Waals surface area contributed by atoms with Crippen LogP contribution >= 0.6 is 0 Å². The van der Waals surface area contributed by atoms with E-state index in [1.807, 2.05) is 24.3 Å². The van der Waals surface area contributed by atoms with Crippen LogP contribution in [0.1, 0.15) is 67.8 Å². The molecule has 0 aromatic heterocycles. The zero-order valence-corrected chi connectivity index (χ0v) is 14.1. The molecule has 0 spiro atoms. The van der Waals surface area contributed by atoms with E-state index in [0.717, 1.165) is 12.3 Å². The van der Waals surface area contributed by atoms with Crippen LogP contribution in [0.5, 0.6) is 0 Å². The normalized spacial score (nSPS) is 27.4. The van der Waals surface area contributed by atoms with Crippen LogP contribution in [0.4, 0.5) is 0 Å². The van der Waals surface area contributed by atoms with Crippen LogP contribution in [-0.4, -0.2) is 5.97 Å². The smallest absolute Gasteiger partial charge is 0.343 e. The number of hydrogen-bond acceptors (Lipinski definition) is 2. The topological polar surface area (TPSA) is 26.3 Å². The van der Waals surface area contributed by atoms with Crippen LogP contribution in [0, 0.1) is 11.8 Å². The number of allylic oxidation sites excluding steroid dienone is 3. The van der Waals surface area contributed by atoms with E-state index in [-0.39, 0.29) is 5.97 Å². The van der Waals surface area contributed by atoms with Crippen molar-refractivity contribution in [3.63, 3.8) is 0 Å². The minimum absolute atomic E-state index is 0.265. The van der Waals surface area contributed by atoms with Gasteiger partial charge in [-0.05, 0) is 66.9 Å². The van der Waals surface area contributed by atoms with Gasteiger partial charge in [-0.1, -0.05) is 44.9 Å². The molecule has 0 amide bonds. The first-order chi connectivity index (χ1) is 11.1. The maximum absolute atomic E-state index is 12.2. The van der Waals surface area contributed by atoms with Gasteiger partial charge in [-0.15, -0.1) is 0 Å². The second-order valence-electron chi connectivity index (χ2n) is 7.15. The van der Waals surface area contributed by atoms with Crippen LogP contribution in [0.15, 0.2) is 48.3 Å². The standard InChI is InChI=1S/C21H26O2/c1-15-3-7-17(8-4-15)18-9-11-19(12-10-18)21(22)23-20-13-5-16(2)6-14-20/h5,9-17H,3-4,6-8H2,1-2H3. The lowest BCUT2D eigenvalue weighted by molar-refractivity contribution is 0.0634. The van der Waals surface area contributed by atoms with Crippen LogP contribution in [-0.2, 0) is 4.74 Å². The van der Waals surface area contributed by atoms with E-state index in [2.05, 4.69) is 32.1 Å². The fourth-order valence-electron chi connectivity index (χ4n) is 3.43. The first-order valence-electron chi connectivity index (χ1n) is 8.82. The van der Waals surface area contributed by atoms with E-state index >= 15 is 0 Å². The SMILES string of the molecule is CC1C=CC(OC(=O)c2ccc(C3CCC(C)CC3)cc2)=CC1. The van der Waals surface area contributed by atoms with Gasteiger partial charge in [0.05, 0.1) is 5.56 Å². The molecule has 1 aromatic rings. The fraction of sp³-hybridized carbons (Fsp3) is 0.476. The summed E-state index contributed by atoms with van der Waals surface area (Å²) < 4.78 is 5.46. The monoisotopic (exact) mass is 310 g/mol. The van der Waals surface area contributed by atoms with E-state index in [0.29, 0.717) is 23.2 Å². The van der Waals surface area contributed by atoms with Crippen molar-refractivity contribution in [1.82, 2.24) is 0 Å². The van der Waals surface area contributed by atoms with E-state index < -0.39 is 0 Å². The van der Waals surface area contributed by atoms with E-state index in [4.69, 9.17) is 4.74 Å². The average Bonchev–Trinajstić information content (AvgIpc) is 2.58. The Morgan fingerprint density at radius 1 is 1.04 bits per heavy atom. The molecule has 1 atom stereocenters. The van der Waals surface area contributed by atoms with E-state index in [1.165, 1.54) is 31.2 Å². The molecule has 1 aromatic carbocycles. The van der Waals surface area contributed by atoms with Gasteiger partial charge in [0.1, 0.15) is 5.76 Å². The number of esters is 1. The zero-order chi connectivity index (χ0) is 16.2. The summed E-state index contributed by atoms with van der Waals surface area (Å²) in [7, 11) is 0. The molecule has 2 aliphatic carbocycles. The molecule has 0 heterocycles. The first kappa shape index (κ1) is 16.0.